The smallest absolute Gasteiger partial charge is 0.0353 e. The van der Waals surface area contributed by atoms with E-state index in [-0.39, 0.29) is 0 Å². The van der Waals surface area contributed by atoms with Crippen molar-refractivity contribution in [1.82, 2.24) is 0 Å². The Balaban J connectivity index is 1.87. The van der Waals surface area contributed by atoms with Gasteiger partial charge in [-0.15, -0.1) is 0 Å². The summed E-state index contributed by atoms with van der Waals surface area (Å²) in [5, 5.41) is 3.66. The Hall–Kier alpha value is -0.500. The topological polar surface area (TPSA) is 12.0 Å². The molecule has 0 radical (unpaired) electrons. The van der Waals surface area contributed by atoms with Gasteiger partial charge in [-0.25, -0.2) is 0 Å². The first kappa shape index (κ1) is 13.9. The van der Waals surface area contributed by atoms with Gasteiger partial charge >= 0.3 is 0 Å². The highest BCUT2D eigenvalue weighted by Crippen LogP contribution is 2.38. The summed E-state index contributed by atoms with van der Waals surface area (Å²) in [6.45, 7) is 7.12. The molecule has 1 aliphatic rings. The highest BCUT2D eigenvalue weighted by molar-refractivity contribution is 9.10. The molecule has 1 saturated carbocycles. The lowest BCUT2D eigenvalue weighted by Crippen LogP contribution is -2.31. The van der Waals surface area contributed by atoms with E-state index in [2.05, 4.69) is 66.3 Å². The van der Waals surface area contributed by atoms with Gasteiger partial charge in [0.15, 0.2) is 0 Å². The monoisotopic (exact) mass is 309 g/mol. The van der Waals surface area contributed by atoms with Gasteiger partial charge in [-0.2, -0.15) is 0 Å². The van der Waals surface area contributed by atoms with Gasteiger partial charge in [-0.05, 0) is 55.2 Å². The summed E-state index contributed by atoms with van der Waals surface area (Å²) in [6.07, 6.45) is 5.31. The number of rotatable bonds is 2. The minimum Gasteiger partial charge on any atom is -0.382 e. The van der Waals surface area contributed by atoms with Crippen molar-refractivity contribution in [2.45, 2.75) is 52.5 Å². The van der Waals surface area contributed by atoms with E-state index in [0.717, 1.165) is 10.4 Å². The maximum absolute atomic E-state index is 3.66. The van der Waals surface area contributed by atoms with E-state index in [9.17, 15) is 0 Å². The molecule has 1 aromatic carbocycles. The zero-order valence-electron chi connectivity index (χ0n) is 11.7. The highest BCUT2D eigenvalue weighted by Gasteiger charge is 2.29. The Labute approximate surface area is 119 Å². The molecule has 0 aliphatic heterocycles. The van der Waals surface area contributed by atoms with Gasteiger partial charge in [0, 0.05) is 16.2 Å². The summed E-state index contributed by atoms with van der Waals surface area (Å²) >= 11 is 3.52. The summed E-state index contributed by atoms with van der Waals surface area (Å²) < 4.78 is 1.15. The molecular weight excluding hydrogens is 286 g/mol. The second kappa shape index (κ2) is 5.64. The third-order valence-corrected chi connectivity index (χ3v) is 4.64. The third kappa shape index (κ3) is 3.74. The van der Waals surface area contributed by atoms with Crippen LogP contribution in [0.3, 0.4) is 0 Å². The molecule has 0 aromatic heterocycles. The van der Waals surface area contributed by atoms with Crippen LogP contribution in [0.2, 0.25) is 0 Å². The normalized spacial score (nSPS) is 24.9. The Morgan fingerprint density at radius 3 is 2.33 bits per heavy atom. The van der Waals surface area contributed by atoms with Crippen molar-refractivity contribution in [3.8, 4) is 0 Å². The molecule has 100 valence electrons. The molecule has 0 amide bonds. The van der Waals surface area contributed by atoms with Crippen molar-refractivity contribution in [1.29, 1.82) is 0 Å². The average Bonchev–Trinajstić information content (AvgIpc) is 2.28. The van der Waals surface area contributed by atoms with Gasteiger partial charge in [0.05, 0.1) is 0 Å². The van der Waals surface area contributed by atoms with E-state index in [1.54, 1.807) is 0 Å². The molecule has 1 N–H and O–H groups in total. The second-order valence-electron chi connectivity index (χ2n) is 6.57. The molecule has 1 aromatic rings. The number of halogens is 1. The molecule has 0 atom stereocenters. The van der Waals surface area contributed by atoms with E-state index < -0.39 is 0 Å². The van der Waals surface area contributed by atoms with Crippen LogP contribution in [0, 0.1) is 11.3 Å². The summed E-state index contributed by atoms with van der Waals surface area (Å²) in [6, 6.07) is 9.13. The molecule has 1 aliphatic carbocycles. The van der Waals surface area contributed by atoms with Gasteiger partial charge < -0.3 is 5.32 Å². The van der Waals surface area contributed by atoms with Crippen LogP contribution in [-0.2, 0) is 0 Å². The van der Waals surface area contributed by atoms with Crippen molar-refractivity contribution >= 4 is 21.6 Å². The van der Waals surface area contributed by atoms with Crippen LogP contribution in [-0.4, -0.2) is 6.04 Å². The quantitative estimate of drug-likeness (QED) is 0.764. The first-order valence-corrected chi connectivity index (χ1v) is 7.76. The lowest BCUT2D eigenvalue weighted by molar-refractivity contribution is 0.173. The Kier molecular flexibility index (Phi) is 4.37. The van der Waals surface area contributed by atoms with E-state index in [1.807, 2.05) is 0 Å². The molecular formula is C16H24BrN. The van der Waals surface area contributed by atoms with Crippen LogP contribution in [0.25, 0.3) is 0 Å². The van der Waals surface area contributed by atoms with E-state index in [0.29, 0.717) is 11.5 Å². The maximum atomic E-state index is 3.66. The van der Waals surface area contributed by atoms with Gasteiger partial charge in [0.1, 0.15) is 0 Å². The number of hydrogen-bond donors (Lipinski definition) is 1. The van der Waals surface area contributed by atoms with Crippen LogP contribution >= 0.6 is 15.9 Å². The predicted octanol–water partition coefficient (Wildman–Crippen LogP) is 5.47. The summed E-state index contributed by atoms with van der Waals surface area (Å²) in [7, 11) is 0. The molecule has 0 bridgehead atoms. The molecule has 0 unspecified atom stereocenters. The Morgan fingerprint density at radius 1 is 1.11 bits per heavy atom. The molecule has 2 heteroatoms. The van der Waals surface area contributed by atoms with E-state index in [1.165, 1.54) is 31.4 Å². The van der Waals surface area contributed by atoms with Gasteiger partial charge in [0.2, 0.25) is 0 Å². The van der Waals surface area contributed by atoms with Gasteiger partial charge in [0.25, 0.3) is 0 Å². The largest absolute Gasteiger partial charge is 0.382 e. The van der Waals surface area contributed by atoms with Crippen molar-refractivity contribution < 1.29 is 0 Å². The van der Waals surface area contributed by atoms with Crippen LogP contribution in [0.4, 0.5) is 5.69 Å². The number of nitrogens with one attached hydrogen (secondary N) is 1. The molecule has 1 fully saturated rings. The lowest BCUT2D eigenvalue weighted by atomic mass is 9.71. The summed E-state index contributed by atoms with van der Waals surface area (Å²) in [5.74, 6) is 0.887. The zero-order valence-corrected chi connectivity index (χ0v) is 13.3. The lowest BCUT2D eigenvalue weighted by Gasteiger charge is -2.37. The minimum atomic E-state index is 0.473. The average molecular weight is 310 g/mol. The summed E-state index contributed by atoms with van der Waals surface area (Å²) in [4.78, 5) is 0. The van der Waals surface area contributed by atoms with Crippen LogP contribution in [0.15, 0.2) is 28.7 Å². The van der Waals surface area contributed by atoms with Crippen molar-refractivity contribution in [2.75, 3.05) is 5.32 Å². The second-order valence-corrected chi connectivity index (χ2v) is 7.48. The molecule has 0 heterocycles. The number of anilines is 1. The fraction of sp³-hybridized carbons (Fsp3) is 0.625. The third-order valence-electron chi connectivity index (χ3n) is 4.15. The van der Waals surface area contributed by atoms with Crippen molar-refractivity contribution in [3.05, 3.63) is 28.7 Å². The van der Waals surface area contributed by atoms with Crippen molar-refractivity contribution in [2.24, 2.45) is 11.3 Å². The van der Waals surface area contributed by atoms with Gasteiger partial charge in [-0.1, -0.05) is 42.8 Å². The van der Waals surface area contributed by atoms with E-state index >= 15 is 0 Å². The molecule has 2 rings (SSSR count). The van der Waals surface area contributed by atoms with E-state index in [4.69, 9.17) is 0 Å². The Morgan fingerprint density at radius 2 is 1.78 bits per heavy atom. The molecule has 0 saturated heterocycles. The Bertz CT molecular complexity index is 386. The molecule has 1 nitrogen and oxygen atoms in total. The summed E-state index contributed by atoms with van der Waals surface area (Å²) in [5.41, 5.74) is 1.71. The SMILES string of the molecule is CC(C)(C)C1CCC(Nc2cccc(Br)c2)CC1. The fourth-order valence-electron chi connectivity index (χ4n) is 2.92. The standard InChI is InChI=1S/C16H24BrN/c1-16(2,3)12-7-9-14(10-8-12)18-15-6-4-5-13(17)11-15/h4-6,11-12,14,18H,7-10H2,1-3H3. The van der Waals surface area contributed by atoms with Crippen LogP contribution in [0.1, 0.15) is 46.5 Å². The van der Waals surface area contributed by atoms with Crippen LogP contribution < -0.4 is 5.32 Å². The first-order valence-electron chi connectivity index (χ1n) is 6.97. The molecule has 0 spiro atoms. The number of hydrogen-bond acceptors (Lipinski definition) is 1. The zero-order chi connectivity index (χ0) is 13.2. The van der Waals surface area contributed by atoms with Crippen LogP contribution in [0.5, 0.6) is 0 Å². The highest BCUT2D eigenvalue weighted by atomic mass is 79.9. The maximum Gasteiger partial charge on any atom is 0.0353 e. The minimum absolute atomic E-state index is 0.473. The molecule has 18 heavy (non-hydrogen) atoms. The number of benzene rings is 1. The fourth-order valence-corrected chi connectivity index (χ4v) is 3.32. The van der Waals surface area contributed by atoms with Crippen molar-refractivity contribution in [3.63, 3.8) is 0 Å². The first-order chi connectivity index (χ1) is 8.45. The predicted molar refractivity (Wildman–Crippen MR) is 83.0 cm³/mol. The van der Waals surface area contributed by atoms with Gasteiger partial charge in [-0.3, -0.25) is 0 Å².